The molecule has 0 fully saturated rings. The van der Waals surface area contributed by atoms with E-state index in [0.717, 1.165) is 43.0 Å². The van der Waals surface area contributed by atoms with Crippen molar-refractivity contribution in [1.29, 1.82) is 0 Å². The molecule has 0 N–H and O–H groups in total. The maximum atomic E-state index is 5.40. The Morgan fingerprint density at radius 3 is 2.65 bits per heavy atom. The van der Waals surface area contributed by atoms with Crippen LogP contribution in [0.2, 0.25) is 0 Å². The van der Waals surface area contributed by atoms with Gasteiger partial charge in [0.25, 0.3) is 0 Å². The van der Waals surface area contributed by atoms with Gasteiger partial charge in [0.1, 0.15) is 0 Å². The highest BCUT2D eigenvalue weighted by atomic mass is 16.5. The highest BCUT2D eigenvalue weighted by Gasteiger charge is 2.14. The Labute approximate surface area is 121 Å². The van der Waals surface area contributed by atoms with Crippen LogP contribution in [0.4, 0.5) is 5.82 Å². The van der Waals surface area contributed by atoms with Gasteiger partial charge in [-0.3, -0.25) is 0 Å². The summed E-state index contributed by atoms with van der Waals surface area (Å²) in [7, 11) is 2.18. The van der Waals surface area contributed by atoms with E-state index in [9.17, 15) is 0 Å². The number of hydrogen-bond donors (Lipinski definition) is 0. The summed E-state index contributed by atoms with van der Waals surface area (Å²) in [6.07, 6.45) is 0. The standard InChI is InChI=1S/C16H25N3O/c1-5-19(11-10-18(4)12-13(2)3)16-14-8-6-7-9-15(14)20-17-16/h6-9,13H,5,10-12H2,1-4H3. The molecule has 0 aliphatic carbocycles. The van der Waals surface area contributed by atoms with Crippen molar-refractivity contribution in [3.05, 3.63) is 24.3 Å². The molecule has 110 valence electrons. The van der Waals surface area contributed by atoms with Crippen LogP contribution in [0.1, 0.15) is 20.8 Å². The second kappa shape index (κ2) is 6.75. The van der Waals surface area contributed by atoms with E-state index in [2.05, 4.69) is 48.8 Å². The molecule has 0 amide bonds. The first-order chi connectivity index (χ1) is 9.61. The van der Waals surface area contributed by atoms with Crippen molar-refractivity contribution >= 4 is 16.8 Å². The molecule has 0 aliphatic heterocycles. The van der Waals surface area contributed by atoms with Crippen LogP contribution in [-0.2, 0) is 0 Å². The Kier molecular flexibility index (Phi) is 5.01. The number of nitrogens with zero attached hydrogens (tertiary/aromatic N) is 3. The van der Waals surface area contributed by atoms with Gasteiger partial charge in [0.05, 0.1) is 5.39 Å². The van der Waals surface area contributed by atoms with Gasteiger partial charge in [0.15, 0.2) is 11.4 Å². The number of benzene rings is 1. The molecule has 4 nitrogen and oxygen atoms in total. The smallest absolute Gasteiger partial charge is 0.179 e. The number of likely N-dealkylation sites (N-methyl/N-ethyl adjacent to an activating group) is 2. The number of rotatable bonds is 7. The number of para-hydroxylation sites is 1. The maximum Gasteiger partial charge on any atom is 0.179 e. The monoisotopic (exact) mass is 275 g/mol. The van der Waals surface area contributed by atoms with Crippen molar-refractivity contribution in [3.63, 3.8) is 0 Å². The molecule has 1 aromatic heterocycles. The lowest BCUT2D eigenvalue weighted by atomic mass is 10.2. The summed E-state index contributed by atoms with van der Waals surface area (Å²) in [5.74, 6) is 1.66. The minimum atomic E-state index is 0.697. The second-order valence-corrected chi connectivity index (χ2v) is 5.74. The van der Waals surface area contributed by atoms with E-state index in [1.165, 1.54) is 0 Å². The van der Waals surface area contributed by atoms with Crippen LogP contribution in [-0.4, -0.2) is 43.3 Å². The van der Waals surface area contributed by atoms with Gasteiger partial charge >= 0.3 is 0 Å². The summed E-state index contributed by atoms with van der Waals surface area (Å²) in [6.45, 7) is 10.7. The molecule has 0 unspecified atom stereocenters. The average molecular weight is 275 g/mol. The fraction of sp³-hybridized carbons (Fsp3) is 0.562. The lowest BCUT2D eigenvalue weighted by Crippen LogP contribution is -2.35. The van der Waals surface area contributed by atoms with Crippen LogP contribution in [0.15, 0.2) is 28.8 Å². The normalized spacial score (nSPS) is 11.7. The SMILES string of the molecule is CCN(CCN(C)CC(C)C)c1noc2ccccc12. The van der Waals surface area contributed by atoms with Crippen LogP contribution in [0.3, 0.4) is 0 Å². The third kappa shape index (κ3) is 3.51. The van der Waals surface area contributed by atoms with E-state index in [0.29, 0.717) is 5.92 Å². The number of anilines is 1. The van der Waals surface area contributed by atoms with E-state index >= 15 is 0 Å². The van der Waals surface area contributed by atoms with Gasteiger partial charge in [-0.2, -0.15) is 0 Å². The molecule has 0 aliphatic rings. The zero-order valence-electron chi connectivity index (χ0n) is 13.0. The van der Waals surface area contributed by atoms with Crippen molar-refractivity contribution in [2.75, 3.05) is 38.1 Å². The van der Waals surface area contributed by atoms with Gasteiger partial charge in [-0.15, -0.1) is 0 Å². The highest BCUT2D eigenvalue weighted by molar-refractivity contribution is 5.88. The number of aromatic nitrogens is 1. The topological polar surface area (TPSA) is 32.5 Å². The Morgan fingerprint density at radius 1 is 1.20 bits per heavy atom. The largest absolute Gasteiger partial charge is 0.354 e. The molecule has 2 aromatic rings. The molecular weight excluding hydrogens is 250 g/mol. The zero-order chi connectivity index (χ0) is 14.5. The third-order valence-corrected chi connectivity index (χ3v) is 3.47. The molecule has 0 saturated carbocycles. The number of fused-ring (bicyclic) bond motifs is 1. The maximum absolute atomic E-state index is 5.40. The van der Waals surface area contributed by atoms with Crippen LogP contribution in [0, 0.1) is 5.92 Å². The Bertz CT molecular complexity index is 535. The van der Waals surface area contributed by atoms with Crippen LogP contribution in [0.5, 0.6) is 0 Å². The summed E-state index contributed by atoms with van der Waals surface area (Å²) < 4.78 is 5.40. The quantitative estimate of drug-likeness (QED) is 0.776. The molecule has 0 saturated heterocycles. The number of hydrogen-bond acceptors (Lipinski definition) is 4. The van der Waals surface area contributed by atoms with Crippen molar-refractivity contribution in [1.82, 2.24) is 10.1 Å². The van der Waals surface area contributed by atoms with Crippen LogP contribution in [0.25, 0.3) is 11.0 Å². The van der Waals surface area contributed by atoms with Crippen LogP contribution >= 0.6 is 0 Å². The molecule has 0 spiro atoms. The van der Waals surface area contributed by atoms with Crippen molar-refractivity contribution in [2.45, 2.75) is 20.8 Å². The summed E-state index contributed by atoms with van der Waals surface area (Å²) in [5.41, 5.74) is 0.858. The van der Waals surface area contributed by atoms with Gasteiger partial charge in [-0.05, 0) is 32.0 Å². The summed E-state index contributed by atoms with van der Waals surface area (Å²) in [4.78, 5) is 4.65. The first-order valence-electron chi connectivity index (χ1n) is 7.39. The van der Waals surface area contributed by atoms with Crippen molar-refractivity contribution in [2.24, 2.45) is 5.92 Å². The van der Waals surface area contributed by atoms with Gasteiger partial charge in [-0.1, -0.05) is 31.1 Å². The van der Waals surface area contributed by atoms with E-state index in [4.69, 9.17) is 4.52 Å². The van der Waals surface area contributed by atoms with Gasteiger partial charge < -0.3 is 14.3 Å². The summed E-state index contributed by atoms with van der Waals surface area (Å²) >= 11 is 0. The molecule has 0 atom stereocenters. The van der Waals surface area contributed by atoms with E-state index in [1.54, 1.807) is 0 Å². The van der Waals surface area contributed by atoms with E-state index in [1.807, 2.05) is 18.2 Å². The van der Waals surface area contributed by atoms with Crippen LogP contribution < -0.4 is 4.90 Å². The van der Waals surface area contributed by atoms with Crippen molar-refractivity contribution < 1.29 is 4.52 Å². The molecule has 0 radical (unpaired) electrons. The minimum Gasteiger partial charge on any atom is -0.354 e. The fourth-order valence-corrected chi connectivity index (χ4v) is 2.52. The van der Waals surface area contributed by atoms with Gasteiger partial charge in [0, 0.05) is 26.2 Å². The second-order valence-electron chi connectivity index (χ2n) is 5.74. The predicted molar refractivity (Wildman–Crippen MR) is 84.2 cm³/mol. The van der Waals surface area contributed by atoms with Gasteiger partial charge in [-0.25, -0.2) is 0 Å². The summed E-state index contributed by atoms with van der Waals surface area (Å²) in [5, 5.41) is 5.34. The molecule has 1 heterocycles. The Hall–Kier alpha value is -1.55. The fourth-order valence-electron chi connectivity index (χ4n) is 2.52. The minimum absolute atomic E-state index is 0.697. The predicted octanol–water partition coefficient (Wildman–Crippen LogP) is 3.24. The molecule has 4 heteroatoms. The Morgan fingerprint density at radius 2 is 1.95 bits per heavy atom. The van der Waals surface area contributed by atoms with Gasteiger partial charge in [0.2, 0.25) is 0 Å². The summed E-state index contributed by atoms with van der Waals surface area (Å²) in [6, 6.07) is 8.04. The molecule has 2 rings (SSSR count). The molecule has 0 bridgehead atoms. The highest BCUT2D eigenvalue weighted by Crippen LogP contribution is 2.25. The van der Waals surface area contributed by atoms with E-state index in [-0.39, 0.29) is 0 Å². The first-order valence-corrected chi connectivity index (χ1v) is 7.39. The lowest BCUT2D eigenvalue weighted by Gasteiger charge is -2.25. The Balaban J connectivity index is 2.05. The lowest BCUT2D eigenvalue weighted by molar-refractivity contribution is 0.300. The first kappa shape index (κ1) is 14.9. The molecular formula is C16H25N3O. The molecule has 1 aromatic carbocycles. The third-order valence-electron chi connectivity index (χ3n) is 3.47. The zero-order valence-corrected chi connectivity index (χ0v) is 13.0. The van der Waals surface area contributed by atoms with E-state index < -0.39 is 0 Å². The van der Waals surface area contributed by atoms with Crippen molar-refractivity contribution in [3.8, 4) is 0 Å². The molecule has 20 heavy (non-hydrogen) atoms. The average Bonchev–Trinajstić information content (AvgIpc) is 2.83.